The van der Waals surface area contributed by atoms with Crippen molar-refractivity contribution in [1.82, 2.24) is 4.90 Å². The van der Waals surface area contributed by atoms with Crippen LogP contribution in [0, 0.1) is 0 Å². The van der Waals surface area contributed by atoms with E-state index in [0.717, 1.165) is 17.9 Å². The maximum absolute atomic E-state index is 6.34. The molecule has 0 bridgehead atoms. The second-order valence-electron chi connectivity index (χ2n) is 4.94. The molecule has 2 rings (SSSR count). The summed E-state index contributed by atoms with van der Waals surface area (Å²) in [6.07, 6.45) is 3.97. The number of likely N-dealkylation sites (tertiary alicyclic amines) is 1. The molecule has 0 aromatic heterocycles. The Morgan fingerprint density at radius 2 is 1.94 bits per heavy atom. The van der Waals surface area contributed by atoms with Crippen molar-refractivity contribution in [2.24, 2.45) is 5.73 Å². The van der Waals surface area contributed by atoms with Gasteiger partial charge in [0.2, 0.25) is 0 Å². The molecule has 0 aliphatic carbocycles. The van der Waals surface area contributed by atoms with Crippen LogP contribution in [0.25, 0.3) is 0 Å². The Hall–Kier alpha value is -1.06. The fourth-order valence-electron chi connectivity index (χ4n) is 2.59. The molecule has 3 nitrogen and oxygen atoms in total. The minimum atomic E-state index is 0.0471. The van der Waals surface area contributed by atoms with Crippen LogP contribution in [0.3, 0.4) is 0 Å². The van der Waals surface area contributed by atoms with Crippen LogP contribution in [0.4, 0.5) is 0 Å². The van der Waals surface area contributed by atoms with Crippen molar-refractivity contribution >= 4 is 0 Å². The first kappa shape index (κ1) is 13.4. The molecule has 1 aliphatic rings. The molecule has 0 spiro atoms. The Morgan fingerprint density at radius 3 is 2.67 bits per heavy atom. The van der Waals surface area contributed by atoms with Crippen molar-refractivity contribution in [2.75, 3.05) is 26.2 Å². The molecule has 0 amide bonds. The van der Waals surface area contributed by atoms with Crippen LogP contribution in [-0.4, -0.2) is 31.1 Å². The first-order chi connectivity index (χ1) is 8.81. The topological polar surface area (TPSA) is 38.5 Å². The number of benzene rings is 1. The Kier molecular flexibility index (Phi) is 5.02. The average Bonchev–Trinajstić information content (AvgIpc) is 2.41. The number of nitrogens with zero attached hydrogens (tertiary/aromatic N) is 1. The van der Waals surface area contributed by atoms with E-state index in [-0.39, 0.29) is 6.04 Å². The average molecular weight is 248 g/mol. The number of ether oxygens (including phenoxy) is 1. The zero-order valence-electron chi connectivity index (χ0n) is 11.3. The predicted molar refractivity (Wildman–Crippen MR) is 74.8 cm³/mol. The number of para-hydroxylation sites is 1. The number of nitrogens with two attached hydrogens (primary N) is 1. The van der Waals surface area contributed by atoms with Crippen molar-refractivity contribution in [3.05, 3.63) is 29.8 Å². The van der Waals surface area contributed by atoms with E-state index in [4.69, 9.17) is 10.5 Å². The van der Waals surface area contributed by atoms with Crippen LogP contribution in [-0.2, 0) is 0 Å². The zero-order chi connectivity index (χ0) is 12.8. The lowest BCUT2D eigenvalue weighted by molar-refractivity contribution is 0.214. The number of rotatable bonds is 5. The molecule has 0 radical (unpaired) electrons. The molecule has 1 heterocycles. The molecule has 1 aromatic carbocycles. The number of hydrogen-bond acceptors (Lipinski definition) is 3. The van der Waals surface area contributed by atoms with Gasteiger partial charge < -0.3 is 15.4 Å². The Bertz CT molecular complexity index is 361. The van der Waals surface area contributed by atoms with Gasteiger partial charge in [-0.1, -0.05) is 24.6 Å². The van der Waals surface area contributed by atoms with E-state index in [9.17, 15) is 0 Å². The summed E-state index contributed by atoms with van der Waals surface area (Å²) in [6.45, 7) is 6.00. The second kappa shape index (κ2) is 6.76. The van der Waals surface area contributed by atoms with E-state index in [1.54, 1.807) is 0 Å². The van der Waals surface area contributed by atoms with E-state index in [1.807, 2.05) is 25.1 Å². The lowest BCUT2D eigenvalue weighted by atomic mass is 10.0. The standard InChI is InChI=1S/C15H24N2O/c1-2-18-15-9-5-4-8-13(15)14(16)12-17-10-6-3-7-11-17/h4-5,8-9,14H,2-3,6-7,10-12,16H2,1H3. The van der Waals surface area contributed by atoms with Crippen molar-refractivity contribution < 1.29 is 4.74 Å². The van der Waals surface area contributed by atoms with Crippen LogP contribution in [0.15, 0.2) is 24.3 Å². The lowest BCUT2D eigenvalue weighted by Crippen LogP contribution is -2.36. The number of piperidine rings is 1. The Labute approximate surface area is 110 Å². The monoisotopic (exact) mass is 248 g/mol. The Morgan fingerprint density at radius 1 is 1.22 bits per heavy atom. The highest BCUT2D eigenvalue weighted by atomic mass is 16.5. The van der Waals surface area contributed by atoms with E-state index in [1.165, 1.54) is 32.4 Å². The summed E-state index contributed by atoms with van der Waals surface area (Å²) in [5.74, 6) is 0.935. The largest absolute Gasteiger partial charge is 0.494 e. The summed E-state index contributed by atoms with van der Waals surface area (Å²) in [7, 11) is 0. The van der Waals surface area contributed by atoms with Gasteiger partial charge in [0.15, 0.2) is 0 Å². The van der Waals surface area contributed by atoms with E-state index in [0.29, 0.717) is 6.61 Å². The normalized spacial score (nSPS) is 18.6. The molecule has 1 aromatic rings. The third-order valence-electron chi connectivity index (χ3n) is 3.52. The lowest BCUT2D eigenvalue weighted by Gasteiger charge is -2.29. The highest BCUT2D eigenvalue weighted by Gasteiger charge is 2.17. The first-order valence-electron chi connectivity index (χ1n) is 7.01. The van der Waals surface area contributed by atoms with Gasteiger partial charge in [-0.2, -0.15) is 0 Å². The van der Waals surface area contributed by atoms with Crippen LogP contribution in [0.5, 0.6) is 5.75 Å². The number of hydrogen-bond donors (Lipinski definition) is 1. The fourth-order valence-corrected chi connectivity index (χ4v) is 2.59. The second-order valence-corrected chi connectivity index (χ2v) is 4.94. The van der Waals surface area contributed by atoms with Gasteiger partial charge in [-0.15, -0.1) is 0 Å². The van der Waals surface area contributed by atoms with E-state index < -0.39 is 0 Å². The quantitative estimate of drug-likeness (QED) is 0.870. The summed E-state index contributed by atoms with van der Waals surface area (Å²) >= 11 is 0. The molecule has 2 N–H and O–H groups in total. The molecule has 1 atom stereocenters. The van der Waals surface area contributed by atoms with Gasteiger partial charge in [0.1, 0.15) is 5.75 Å². The van der Waals surface area contributed by atoms with Crippen molar-refractivity contribution in [3.8, 4) is 5.75 Å². The zero-order valence-corrected chi connectivity index (χ0v) is 11.3. The van der Waals surface area contributed by atoms with Crippen molar-refractivity contribution in [2.45, 2.75) is 32.2 Å². The predicted octanol–water partition coefficient (Wildman–Crippen LogP) is 2.57. The van der Waals surface area contributed by atoms with Crippen LogP contribution in [0.2, 0.25) is 0 Å². The molecular weight excluding hydrogens is 224 g/mol. The summed E-state index contributed by atoms with van der Waals surface area (Å²) in [5, 5.41) is 0. The summed E-state index contributed by atoms with van der Waals surface area (Å²) in [4.78, 5) is 2.47. The highest BCUT2D eigenvalue weighted by Crippen LogP contribution is 2.25. The minimum Gasteiger partial charge on any atom is -0.494 e. The molecular formula is C15H24N2O. The van der Waals surface area contributed by atoms with Crippen LogP contribution < -0.4 is 10.5 Å². The van der Waals surface area contributed by atoms with Crippen molar-refractivity contribution in [1.29, 1.82) is 0 Å². The molecule has 100 valence electrons. The van der Waals surface area contributed by atoms with Gasteiger partial charge >= 0.3 is 0 Å². The van der Waals surface area contributed by atoms with Crippen LogP contribution in [0.1, 0.15) is 37.8 Å². The third kappa shape index (κ3) is 3.47. The van der Waals surface area contributed by atoms with Gasteiger partial charge in [-0.25, -0.2) is 0 Å². The fraction of sp³-hybridized carbons (Fsp3) is 0.600. The molecule has 0 saturated carbocycles. The van der Waals surface area contributed by atoms with Gasteiger partial charge in [-0.05, 0) is 38.9 Å². The maximum Gasteiger partial charge on any atom is 0.124 e. The van der Waals surface area contributed by atoms with Gasteiger partial charge in [0.05, 0.1) is 6.61 Å². The van der Waals surface area contributed by atoms with E-state index in [2.05, 4.69) is 11.0 Å². The molecule has 3 heteroatoms. The summed E-state index contributed by atoms with van der Waals surface area (Å²) in [6, 6.07) is 8.18. The third-order valence-corrected chi connectivity index (χ3v) is 3.52. The SMILES string of the molecule is CCOc1ccccc1C(N)CN1CCCCC1. The summed E-state index contributed by atoms with van der Waals surface area (Å²) in [5.41, 5.74) is 7.46. The maximum atomic E-state index is 6.34. The first-order valence-corrected chi connectivity index (χ1v) is 7.01. The van der Waals surface area contributed by atoms with Gasteiger partial charge in [-0.3, -0.25) is 0 Å². The van der Waals surface area contributed by atoms with Crippen molar-refractivity contribution in [3.63, 3.8) is 0 Å². The smallest absolute Gasteiger partial charge is 0.124 e. The molecule has 18 heavy (non-hydrogen) atoms. The van der Waals surface area contributed by atoms with Gasteiger partial charge in [0, 0.05) is 18.2 Å². The molecule has 1 aliphatic heterocycles. The van der Waals surface area contributed by atoms with Crippen LogP contribution >= 0.6 is 0 Å². The molecule has 1 saturated heterocycles. The highest BCUT2D eigenvalue weighted by molar-refractivity contribution is 5.35. The van der Waals surface area contributed by atoms with Gasteiger partial charge in [0.25, 0.3) is 0 Å². The Balaban J connectivity index is 2.00. The minimum absolute atomic E-state index is 0.0471. The van der Waals surface area contributed by atoms with E-state index >= 15 is 0 Å². The molecule has 1 fully saturated rings. The molecule has 1 unspecified atom stereocenters. The summed E-state index contributed by atoms with van der Waals surface area (Å²) < 4.78 is 5.65.